The lowest BCUT2D eigenvalue weighted by molar-refractivity contribution is -0.139. The number of ether oxygens (including phenoxy) is 1. The monoisotopic (exact) mass is 153 g/mol. The van der Waals surface area contributed by atoms with Crippen molar-refractivity contribution in [3.63, 3.8) is 0 Å². The summed E-state index contributed by atoms with van der Waals surface area (Å²) in [5.41, 5.74) is -0.977. The van der Waals surface area contributed by atoms with Crippen molar-refractivity contribution < 1.29 is 9.53 Å². The molecular formula is C8H11NO2. The van der Waals surface area contributed by atoms with Gasteiger partial charge in [0.05, 0.1) is 0 Å². The lowest BCUT2D eigenvalue weighted by atomic mass is 10.0. The number of terminal acetylenes is 1. The molecule has 1 atom stereocenters. The number of likely N-dealkylation sites (tertiary alicyclic amines) is 1. The summed E-state index contributed by atoms with van der Waals surface area (Å²) in [6, 6.07) is 0. The molecule has 1 aliphatic rings. The standard InChI is InChI=1S/C8H11NO2/c1-4-8(11-3)5-6-9(2)7(8)10/h1H,5-6H2,2-3H3/t8-/m0/s1. The molecule has 1 amide bonds. The van der Waals surface area contributed by atoms with Crippen LogP contribution in [0.1, 0.15) is 6.42 Å². The minimum atomic E-state index is -0.977. The Morgan fingerprint density at radius 1 is 1.82 bits per heavy atom. The van der Waals surface area contributed by atoms with E-state index in [0.717, 1.165) is 0 Å². The van der Waals surface area contributed by atoms with E-state index in [-0.39, 0.29) is 5.91 Å². The van der Waals surface area contributed by atoms with E-state index in [0.29, 0.717) is 13.0 Å². The van der Waals surface area contributed by atoms with E-state index in [4.69, 9.17) is 11.2 Å². The van der Waals surface area contributed by atoms with Crippen LogP contribution in [0.4, 0.5) is 0 Å². The molecule has 1 fully saturated rings. The second kappa shape index (κ2) is 2.55. The van der Waals surface area contributed by atoms with Crippen molar-refractivity contribution in [1.29, 1.82) is 0 Å². The summed E-state index contributed by atoms with van der Waals surface area (Å²) in [6.45, 7) is 0.677. The number of hydrogen-bond acceptors (Lipinski definition) is 2. The van der Waals surface area contributed by atoms with E-state index in [1.807, 2.05) is 0 Å². The highest BCUT2D eigenvalue weighted by Gasteiger charge is 2.44. The van der Waals surface area contributed by atoms with E-state index < -0.39 is 5.60 Å². The second-order valence-corrected chi connectivity index (χ2v) is 2.65. The SMILES string of the molecule is C#C[C@]1(OC)CCN(C)C1=O. The van der Waals surface area contributed by atoms with Gasteiger partial charge in [-0.2, -0.15) is 0 Å². The highest BCUT2D eigenvalue weighted by molar-refractivity contribution is 5.90. The molecule has 3 nitrogen and oxygen atoms in total. The first-order valence-electron chi connectivity index (χ1n) is 3.45. The molecule has 0 spiro atoms. The number of nitrogens with zero attached hydrogens (tertiary/aromatic N) is 1. The van der Waals surface area contributed by atoms with Crippen LogP contribution in [-0.4, -0.2) is 37.1 Å². The smallest absolute Gasteiger partial charge is 0.267 e. The van der Waals surface area contributed by atoms with Crippen molar-refractivity contribution in [3.8, 4) is 12.3 Å². The molecule has 1 saturated heterocycles. The Bertz CT molecular complexity index is 219. The predicted octanol–water partition coefficient (Wildman–Crippen LogP) is -0.133. The maximum Gasteiger partial charge on any atom is 0.267 e. The number of methoxy groups -OCH3 is 1. The van der Waals surface area contributed by atoms with Crippen molar-refractivity contribution in [2.45, 2.75) is 12.0 Å². The molecule has 0 aromatic carbocycles. The summed E-state index contributed by atoms with van der Waals surface area (Å²) in [4.78, 5) is 12.9. The Kier molecular flexibility index (Phi) is 1.88. The van der Waals surface area contributed by atoms with Crippen LogP contribution in [0.25, 0.3) is 0 Å². The Morgan fingerprint density at radius 2 is 2.45 bits per heavy atom. The van der Waals surface area contributed by atoms with E-state index in [2.05, 4.69) is 5.92 Å². The van der Waals surface area contributed by atoms with Crippen LogP contribution in [0.2, 0.25) is 0 Å². The lowest BCUT2D eigenvalue weighted by Gasteiger charge is -2.18. The molecule has 1 heterocycles. The Hall–Kier alpha value is -1.01. The molecule has 0 bridgehead atoms. The van der Waals surface area contributed by atoms with E-state index in [1.165, 1.54) is 7.11 Å². The molecule has 1 rings (SSSR count). The minimum absolute atomic E-state index is 0.109. The second-order valence-electron chi connectivity index (χ2n) is 2.65. The molecule has 0 unspecified atom stereocenters. The largest absolute Gasteiger partial charge is 0.357 e. The van der Waals surface area contributed by atoms with Crippen molar-refractivity contribution in [1.82, 2.24) is 4.90 Å². The van der Waals surface area contributed by atoms with E-state index >= 15 is 0 Å². The first-order valence-corrected chi connectivity index (χ1v) is 3.45. The van der Waals surface area contributed by atoms with Gasteiger partial charge >= 0.3 is 0 Å². The molecule has 3 heteroatoms. The van der Waals surface area contributed by atoms with E-state index in [1.54, 1.807) is 11.9 Å². The van der Waals surface area contributed by atoms with Gasteiger partial charge in [-0.1, -0.05) is 5.92 Å². The highest BCUT2D eigenvalue weighted by atomic mass is 16.5. The fourth-order valence-corrected chi connectivity index (χ4v) is 1.22. The molecule has 1 aliphatic heterocycles. The van der Waals surface area contributed by atoms with Crippen molar-refractivity contribution >= 4 is 5.91 Å². The van der Waals surface area contributed by atoms with Crippen LogP contribution in [0, 0.1) is 12.3 Å². The summed E-state index contributed by atoms with van der Waals surface area (Å²) < 4.78 is 5.00. The zero-order chi connectivity index (χ0) is 8.48. The third-order valence-corrected chi connectivity index (χ3v) is 2.07. The minimum Gasteiger partial charge on any atom is -0.357 e. The number of rotatable bonds is 1. The van der Waals surface area contributed by atoms with E-state index in [9.17, 15) is 4.79 Å². The normalized spacial score (nSPS) is 30.6. The summed E-state index contributed by atoms with van der Waals surface area (Å²) >= 11 is 0. The Labute approximate surface area is 66.3 Å². The average Bonchev–Trinajstić information content (AvgIpc) is 2.32. The van der Waals surface area contributed by atoms with Gasteiger partial charge in [0.15, 0.2) is 0 Å². The molecule has 0 N–H and O–H groups in total. The maximum atomic E-state index is 11.3. The Balaban J connectivity index is 2.89. The van der Waals surface area contributed by atoms with Gasteiger partial charge in [-0.15, -0.1) is 6.42 Å². The summed E-state index contributed by atoms with van der Waals surface area (Å²) in [7, 11) is 3.19. The third kappa shape index (κ3) is 0.997. The number of amides is 1. The van der Waals surface area contributed by atoms with Gasteiger partial charge in [0, 0.05) is 27.1 Å². The zero-order valence-electron chi connectivity index (χ0n) is 6.76. The van der Waals surface area contributed by atoms with Gasteiger partial charge < -0.3 is 9.64 Å². The van der Waals surface area contributed by atoms with Gasteiger partial charge in [-0.25, -0.2) is 0 Å². The van der Waals surface area contributed by atoms with Gasteiger partial charge in [-0.05, 0) is 0 Å². The van der Waals surface area contributed by atoms with Gasteiger partial charge in [0.2, 0.25) is 5.60 Å². The summed E-state index contributed by atoms with van der Waals surface area (Å²) in [5, 5.41) is 0. The zero-order valence-corrected chi connectivity index (χ0v) is 6.76. The van der Waals surface area contributed by atoms with Crippen LogP contribution in [0.3, 0.4) is 0 Å². The molecule has 0 aromatic rings. The first kappa shape index (κ1) is 8.09. The average molecular weight is 153 g/mol. The van der Waals surface area contributed by atoms with Crippen LogP contribution in [0.5, 0.6) is 0 Å². The van der Waals surface area contributed by atoms with Crippen molar-refractivity contribution in [3.05, 3.63) is 0 Å². The number of carbonyl (C=O) groups is 1. The number of likely N-dealkylation sites (N-methyl/N-ethyl adjacent to an activating group) is 1. The Morgan fingerprint density at radius 3 is 2.64 bits per heavy atom. The third-order valence-electron chi connectivity index (χ3n) is 2.07. The molecular weight excluding hydrogens is 142 g/mol. The molecule has 0 aromatic heterocycles. The molecule has 0 saturated carbocycles. The number of hydrogen-bond donors (Lipinski definition) is 0. The van der Waals surface area contributed by atoms with Crippen molar-refractivity contribution in [2.75, 3.05) is 20.7 Å². The van der Waals surface area contributed by atoms with Crippen LogP contribution in [0.15, 0.2) is 0 Å². The lowest BCUT2D eigenvalue weighted by Crippen LogP contribution is -2.38. The fourth-order valence-electron chi connectivity index (χ4n) is 1.22. The van der Waals surface area contributed by atoms with Gasteiger partial charge in [0.25, 0.3) is 5.91 Å². The van der Waals surface area contributed by atoms with Gasteiger partial charge in [-0.3, -0.25) is 4.79 Å². The van der Waals surface area contributed by atoms with Crippen LogP contribution < -0.4 is 0 Å². The summed E-state index contributed by atoms with van der Waals surface area (Å²) in [5.74, 6) is 2.29. The predicted molar refractivity (Wildman–Crippen MR) is 40.8 cm³/mol. The maximum absolute atomic E-state index is 11.3. The van der Waals surface area contributed by atoms with Gasteiger partial charge in [0.1, 0.15) is 0 Å². The number of carbonyl (C=O) groups excluding carboxylic acids is 1. The molecule has 11 heavy (non-hydrogen) atoms. The first-order chi connectivity index (χ1) is 5.16. The quantitative estimate of drug-likeness (QED) is 0.491. The van der Waals surface area contributed by atoms with Crippen molar-refractivity contribution in [2.24, 2.45) is 0 Å². The molecule has 0 radical (unpaired) electrons. The topological polar surface area (TPSA) is 29.5 Å². The highest BCUT2D eigenvalue weighted by Crippen LogP contribution is 2.23. The fraction of sp³-hybridized carbons (Fsp3) is 0.625. The molecule has 0 aliphatic carbocycles. The van der Waals surface area contributed by atoms with Crippen LogP contribution >= 0.6 is 0 Å². The van der Waals surface area contributed by atoms with Crippen LogP contribution in [-0.2, 0) is 9.53 Å². The summed E-state index contributed by atoms with van der Waals surface area (Å²) in [6.07, 6.45) is 5.80. The molecule has 60 valence electrons.